The number of carbonyl (C=O) groups is 1. The highest BCUT2D eigenvalue weighted by molar-refractivity contribution is 14.1. The number of hydrogen-bond acceptors (Lipinski definition) is 1. The Morgan fingerprint density at radius 3 is 2.85 bits per heavy atom. The number of amides is 1. The van der Waals surface area contributed by atoms with Gasteiger partial charge in [0.1, 0.15) is 5.82 Å². The van der Waals surface area contributed by atoms with Crippen LogP contribution in [0.25, 0.3) is 0 Å². The Labute approximate surface area is 89.0 Å². The number of hydrogen-bond donors (Lipinski definition) is 1. The number of carbonyl (C=O) groups excluding carboxylic acids is 1. The molecule has 1 amide bonds. The molecule has 0 aromatic heterocycles. The minimum Gasteiger partial charge on any atom is -0.322 e. The minimum atomic E-state index is -0.347. The quantitative estimate of drug-likeness (QED) is 0.658. The standard InChI is InChI=1S/C9H7FINO/c1-2-9(13)12-6-3-4-8(11)7(10)5-6/h2-5H,1H2,(H,12,13). The van der Waals surface area contributed by atoms with Gasteiger partial charge in [-0.2, -0.15) is 0 Å². The van der Waals surface area contributed by atoms with E-state index >= 15 is 0 Å². The normalized spacial score (nSPS) is 9.38. The van der Waals surface area contributed by atoms with Gasteiger partial charge >= 0.3 is 0 Å². The zero-order chi connectivity index (χ0) is 9.84. The van der Waals surface area contributed by atoms with Crippen LogP contribution in [0.4, 0.5) is 10.1 Å². The van der Waals surface area contributed by atoms with E-state index in [1.54, 1.807) is 12.1 Å². The maximum Gasteiger partial charge on any atom is 0.247 e. The van der Waals surface area contributed by atoms with Gasteiger partial charge in [0.05, 0.1) is 0 Å². The van der Waals surface area contributed by atoms with Crippen molar-refractivity contribution in [2.24, 2.45) is 0 Å². The third-order valence-corrected chi connectivity index (χ3v) is 2.25. The molecule has 1 N–H and O–H groups in total. The lowest BCUT2D eigenvalue weighted by atomic mass is 10.3. The molecule has 0 spiro atoms. The molecule has 0 atom stereocenters. The first-order valence-electron chi connectivity index (χ1n) is 3.52. The molecule has 0 fully saturated rings. The zero-order valence-corrected chi connectivity index (χ0v) is 8.84. The molecular weight excluding hydrogens is 284 g/mol. The van der Waals surface area contributed by atoms with Crippen molar-refractivity contribution in [2.75, 3.05) is 5.32 Å². The van der Waals surface area contributed by atoms with Crippen molar-refractivity contribution in [2.45, 2.75) is 0 Å². The molecule has 0 heterocycles. The molecule has 0 radical (unpaired) electrons. The molecule has 68 valence electrons. The van der Waals surface area contributed by atoms with Crippen molar-refractivity contribution in [3.05, 3.63) is 40.2 Å². The summed E-state index contributed by atoms with van der Waals surface area (Å²) in [5, 5.41) is 2.46. The Hall–Kier alpha value is -0.910. The van der Waals surface area contributed by atoms with Crippen LogP contribution in [0, 0.1) is 9.39 Å². The van der Waals surface area contributed by atoms with E-state index in [4.69, 9.17) is 0 Å². The van der Waals surface area contributed by atoms with Crippen molar-refractivity contribution in [1.29, 1.82) is 0 Å². The number of anilines is 1. The summed E-state index contributed by atoms with van der Waals surface area (Å²) >= 11 is 1.88. The van der Waals surface area contributed by atoms with Gasteiger partial charge in [-0.05, 0) is 46.9 Å². The highest BCUT2D eigenvalue weighted by Gasteiger charge is 2.01. The van der Waals surface area contributed by atoms with Crippen LogP contribution < -0.4 is 5.32 Å². The molecule has 1 aromatic carbocycles. The van der Waals surface area contributed by atoms with Crippen LogP contribution in [-0.2, 0) is 4.79 Å². The summed E-state index contributed by atoms with van der Waals surface area (Å²) in [6.07, 6.45) is 1.13. The van der Waals surface area contributed by atoms with E-state index in [1.165, 1.54) is 6.07 Å². The van der Waals surface area contributed by atoms with E-state index in [0.717, 1.165) is 6.08 Å². The summed E-state index contributed by atoms with van der Waals surface area (Å²) in [7, 11) is 0. The first-order valence-corrected chi connectivity index (χ1v) is 4.60. The van der Waals surface area contributed by atoms with Gasteiger partial charge < -0.3 is 5.32 Å². The smallest absolute Gasteiger partial charge is 0.247 e. The summed E-state index contributed by atoms with van der Waals surface area (Å²) in [5.41, 5.74) is 0.433. The van der Waals surface area contributed by atoms with Gasteiger partial charge in [0, 0.05) is 9.26 Å². The lowest BCUT2D eigenvalue weighted by molar-refractivity contribution is -0.111. The average molecular weight is 291 g/mol. The van der Waals surface area contributed by atoms with Crippen LogP contribution >= 0.6 is 22.6 Å². The first kappa shape index (κ1) is 10.2. The van der Waals surface area contributed by atoms with Crippen LogP contribution in [0.5, 0.6) is 0 Å². The molecule has 0 unspecified atom stereocenters. The second-order valence-electron chi connectivity index (χ2n) is 2.32. The lowest BCUT2D eigenvalue weighted by Gasteiger charge is -2.02. The largest absolute Gasteiger partial charge is 0.322 e. The van der Waals surface area contributed by atoms with Crippen molar-refractivity contribution in [3.63, 3.8) is 0 Å². The Kier molecular flexibility index (Phi) is 3.41. The molecule has 4 heteroatoms. The van der Waals surface area contributed by atoms with Crippen LogP contribution in [0.15, 0.2) is 30.9 Å². The van der Waals surface area contributed by atoms with Crippen molar-refractivity contribution >= 4 is 34.2 Å². The molecule has 13 heavy (non-hydrogen) atoms. The Bertz CT molecular complexity index is 351. The third-order valence-electron chi connectivity index (χ3n) is 1.37. The molecule has 0 saturated heterocycles. The maximum atomic E-state index is 12.9. The fraction of sp³-hybridized carbons (Fsp3) is 0. The first-order chi connectivity index (χ1) is 6.13. The molecule has 1 rings (SSSR count). The predicted octanol–water partition coefficient (Wildman–Crippen LogP) is 2.55. The predicted molar refractivity (Wildman–Crippen MR) is 57.9 cm³/mol. The van der Waals surface area contributed by atoms with Crippen molar-refractivity contribution in [3.8, 4) is 0 Å². The molecule has 0 aliphatic rings. The highest BCUT2D eigenvalue weighted by Crippen LogP contribution is 2.15. The number of halogens is 2. The topological polar surface area (TPSA) is 29.1 Å². The summed E-state index contributed by atoms with van der Waals surface area (Å²) < 4.78 is 13.5. The zero-order valence-electron chi connectivity index (χ0n) is 6.68. The Balaban J connectivity index is 2.85. The number of nitrogens with one attached hydrogen (secondary N) is 1. The SMILES string of the molecule is C=CC(=O)Nc1ccc(I)c(F)c1. The number of benzene rings is 1. The second kappa shape index (κ2) is 4.36. The van der Waals surface area contributed by atoms with Gasteiger partial charge in [-0.15, -0.1) is 0 Å². The van der Waals surface area contributed by atoms with Crippen LogP contribution in [0.2, 0.25) is 0 Å². The highest BCUT2D eigenvalue weighted by atomic mass is 127. The van der Waals surface area contributed by atoms with Crippen LogP contribution in [0.1, 0.15) is 0 Å². The number of rotatable bonds is 2. The van der Waals surface area contributed by atoms with E-state index in [1.807, 2.05) is 22.6 Å². The van der Waals surface area contributed by atoms with E-state index < -0.39 is 0 Å². The molecule has 0 saturated carbocycles. The van der Waals surface area contributed by atoms with E-state index in [0.29, 0.717) is 9.26 Å². The maximum absolute atomic E-state index is 12.9. The molecule has 2 nitrogen and oxygen atoms in total. The van der Waals surface area contributed by atoms with Crippen LogP contribution in [-0.4, -0.2) is 5.91 Å². The average Bonchev–Trinajstić information content (AvgIpc) is 2.11. The monoisotopic (exact) mass is 291 g/mol. The Morgan fingerprint density at radius 2 is 2.31 bits per heavy atom. The summed E-state index contributed by atoms with van der Waals surface area (Å²) in [6.45, 7) is 3.29. The molecule has 0 aliphatic carbocycles. The fourth-order valence-electron chi connectivity index (χ4n) is 0.767. The van der Waals surface area contributed by atoms with Crippen LogP contribution in [0.3, 0.4) is 0 Å². The second-order valence-corrected chi connectivity index (χ2v) is 3.48. The summed E-state index contributed by atoms with van der Waals surface area (Å²) in [5.74, 6) is -0.692. The molecule has 1 aromatic rings. The van der Waals surface area contributed by atoms with E-state index in [2.05, 4.69) is 11.9 Å². The summed E-state index contributed by atoms with van der Waals surface area (Å²) in [6, 6.07) is 4.49. The third kappa shape index (κ3) is 2.80. The van der Waals surface area contributed by atoms with Crippen molar-refractivity contribution in [1.82, 2.24) is 0 Å². The Morgan fingerprint density at radius 1 is 1.62 bits per heavy atom. The molecule has 0 bridgehead atoms. The van der Waals surface area contributed by atoms with Gasteiger partial charge in [0.2, 0.25) is 5.91 Å². The molecular formula is C9H7FINO. The van der Waals surface area contributed by atoms with Crippen molar-refractivity contribution < 1.29 is 9.18 Å². The lowest BCUT2D eigenvalue weighted by Crippen LogP contribution is -2.07. The molecule has 0 aliphatic heterocycles. The fourth-order valence-corrected chi connectivity index (χ4v) is 1.10. The van der Waals surface area contributed by atoms with Gasteiger partial charge in [-0.3, -0.25) is 4.79 Å². The van der Waals surface area contributed by atoms with E-state index in [9.17, 15) is 9.18 Å². The van der Waals surface area contributed by atoms with Gasteiger partial charge in [0.25, 0.3) is 0 Å². The van der Waals surface area contributed by atoms with Gasteiger partial charge in [-0.1, -0.05) is 6.58 Å². The summed E-state index contributed by atoms with van der Waals surface area (Å²) in [4.78, 5) is 10.8. The minimum absolute atomic E-state index is 0.345. The van der Waals surface area contributed by atoms with E-state index in [-0.39, 0.29) is 11.7 Å². The van der Waals surface area contributed by atoms with Gasteiger partial charge in [0.15, 0.2) is 0 Å². The van der Waals surface area contributed by atoms with Gasteiger partial charge in [-0.25, -0.2) is 4.39 Å².